The third kappa shape index (κ3) is 2.64. The predicted molar refractivity (Wildman–Crippen MR) is 88.5 cm³/mol. The number of hydrogen-bond acceptors (Lipinski definition) is 5. The van der Waals surface area contributed by atoms with Crippen molar-refractivity contribution in [2.45, 2.75) is 25.4 Å². The Kier molecular flexibility index (Phi) is 3.86. The first kappa shape index (κ1) is 14.2. The van der Waals surface area contributed by atoms with Gasteiger partial charge in [0.2, 0.25) is 0 Å². The third-order valence-corrected chi connectivity index (χ3v) is 5.66. The molecular formula is C17H20N2O2S. The Labute approximate surface area is 134 Å². The molecule has 4 rings (SSSR count). The molecule has 1 aromatic carbocycles. The van der Waals surface area contributed by atoms with E-state index >= 15 is 0 Å². The van der Waals surface area contributed by atoms with Gasteiger partial charge in [-0.25, -0.2) is 4.98 Å². The molecule has 0 spiro atoms. The van der Waals surface area contributed by atoms with Crippen molar-refractivity contribution in [2.75, 3.05) is 31.2 Å². The maximum atomic E-state index is 10.1. The molecule has 1 atom stereocenters. The van der Waals surface area contributed by atoms with Gasteiger partial charge in [-0.3, -0.25) is 0 Å². The van der Waals surface area contributed by atoms with Gasteiger partial charge in [0.15, 0.2) is 0 Å². The number of nitrogens with zero attached hydrogens (tertiary/aromatic N) is 2. The van der Waals surface area contributed by atoms with Crippen molar-refractivity contribution in [1.82, 2.24) is 4.98 Å². The van der Waals surface area contributed by atoms with Crippen molar-refractivity contribution in [3.05, 3.63) is 34.8 Å². The number of thiazole rings is 1. The zero-order valence-corrected chi connectivity index (χ0v) is 13.3. The number of aliphatic hydroxyl groups is 1. The number of ether oxygens (including phenoxy) is 1. The lowest BCUT2D eigenvalue weighted by Crippen LogP contribution is -2.36. The molecule has 1 aliphatic heterocycles. The topological polar surface area (TPSA) is 45.6 Å². The summed E-state index contributed by atoms with van der Waals surface area (Å²) in [6.45, 7) is 3.52. The normalized spacial score (nSPS) is 21.7. The lowest BCUT2D eigenvalue weighted by atomic mass is 10.0. The average molecular weight is 316 g/mol. The Hall–Kier alpha value is -1.43. The summed E-state index contributed by atoms with van der Waals surface area (Å²) in [6, 6.07) is 8.61. The van der Waals surface area contributed by atoms with E-state index in [-0.39, 0.29) is 6.10 Å². The van der Waals surface area contributed by atoms with Crippen LogP contribution in [0.2, 0.25) is 0 Å². The minimum Gasteiger partial charge on any atom is -0.388 e. The highest BCUT2D eigenvalue weighted by molar-refractivity contribution is 7.15. The van der Waals surface area contributed by atoms with Crippen LogP contribution >= 0.6 is 11.3 Å². The summed E-state index contributed by atoms with van der Waals surface area (Å²) < 4.78 is 5.40. The molecule has 0 radical (unpaired) electrons. The van der Waals surface area contributed by atoms with Crippen LogP contribution in [-0.4, -0.2) is 36.4 Å². The van der Waals surface area contributed by atoms with E-state index in [9.17, 15) is 5.11 Å². The van der Waals surface area contributed by atoms with Crippen LogP contribution in [0.3, 0.4) is 0 Å². The number of hydrogen-bond donors (Lipinski definition) is 1. The number of aryl methyl sites for hydroxylation is 1. The standard InChI is InChI=1S/C17H20N2O2S/c20-15-3-1-2-14-16(15)22-17(18-14)12-4-6-13(7-5-12)19-8-10-21-11-9-19/h4-7,15,20H,1-3,8-11H2. The Bertz CT molecular complexity index is 647. The van der Waals surface area contributed by atoms with Crippen LogP contribution in [0.15, 0.2) is 24.3 Å². The minimum absolute atomic E-state index is 0.317. The van der Waals surface area contributed by atoms with Gasteiger partial charge in [0.25, 0.3) is 0 Å². The maximum Gasteiger partial charge on any atom is 0.123 e. The van der Waals surface area contributed by atoms with E-state index in [1.165, 1.54) is 5.69 Å². The fourth-order valence-corrected chi connectivity index (χ4v) is 4.29. The van der Waals surface area contributed by atoms with Crippen LogP contribution in [0.4, 0.5) is 5.69 Å². The quantitative estimate of drug-likeness (QED) is 0.925. The van der Waals surface area contributed by atoms with Crippen LogP contribution < -0.4 is 4.90 Å². The second-order valence-electron chi connectivity index (χ2n) is 5.88. The smallest absolute Gasteiger partial charge is 0.123 e. The molecule has 4 nitrogen and oxygen atoms in total. The first-order valence-corrected chi connectivity index (χ1v) is 8.74. The Morgan fingerprint density at radius 1 is 1.18 bits per heavy atom. The average Bonchev–Trinajstić information content (AvgIpc) is 3.02. The summed E-state index contributed by atoms with van der Waals surface area (Å²) in [5, 5.41) is 11.1. The van der Waals surface area contributed by atoms with E-state index in [1.807, 2.05) is 0 Å². The van der Waals surface area contributed by atoms with Crippen molar-refractivity contribution < 1.29 is 9.84 Å². The van der Waals surface area contributed by atoms with Crippen LogP contribution in [0.1, 0.15) is 29.5 Å². The van der Waals surface area contributed by atoms with Crippen LogP contribution in [-0.2, 0) is 11.2 Å². The maximum absolute atomic E-state index is 10.1. The zero-order valence-electron chi connectivity index (χ0n) is 12.5. The molecular weight excluding hydrogens is 296 g/mol. The molecule has 1 saturated heterocycles. The van der Waals surface area contributed by atoms with Gasteiger partial charge in [-0.15, -0.1) is 11.3 Å². The SMILES string of the molecule is OC1CCCc2nc(-c3ccc(N4CCOCC4)cc3)sc21. The number of benzene rings is 1. The highest BCUT2D eigenvalue weighted by atomic mass is 32.1. The van der Waals surface area contributed by atoms with Crippen LogP contribution in [0.5, 0.6) is 0 Å². The fraction of sp³-hybridized carbons (Fsp3) is 0.471. The van der Waals surface area contributed by atoms with Crippen LogP contribution in [0, 0.1) is 0 Å². The number of anilines is 1. The molecule has 2 heterocycles. The molecule has 2 aliphatic rings. The minimum atomic E-state index is -0.317. The molecule has 22 heavy (non-hydrogen) atoms. The molecule has 0 amide bonds. The van der Waals surface area contributed by atoms with Gasteiger partial charge in [-0.1, -0.05) is 0 Å². The Morgan fingerprint density at radius 3 is 2.68 bits per heavy atom. The van der Waals surface area contributed by atoms with E-state index in [0.717, 1.165) is 66.7 Å². The zero-order chi connectivity index (χ0) is 14.9. The van der Waals surface area contributed by atoms with Gasteiger partial charge >= 0.3 is 0 Å². The largest absolute Gasteiger partial charge is 0.388 e. The molecule has 1 fully saturated rings. The number of morpholine rings is 1. The van der Waals surface area contributed by atoms with E-state index in [1.54, 1.807) is 11.3 Å². The Balaban J connectivity index is 1.58. The number of rotatable bonds is 2. The van der Waals surface area contributed by atoms with E-state index < -0.39 is 0 Å². The monoisotopic (exact) mass is 316 g/mol. The summed E-state index contributed by atoms with van der Waals surface area (Å²) in [6.07, 6.45) is 2.58. The second-order valence-corrected chi connectivity index (χ2v) is 6.91. The van der Waals surface area contributed by atoms with Crippen molar-refractivity contribution in [3.63, 3.8) is 0 Å². The number of aliphatic hydroxyl groups excluding tert-OH is 1. The molecule has 1 unspecified atom stereocenters. The third-order valence-electron chi connectivity index (χ3n) is 4.41. The van der Waals surface area contributed by atoms with E-state index in [2.05, 4.69) is 29.2 Å². The lowest BCUT2D eigenvalue weighted by molar-refractivity contribution is 0.122. The molecule has 0 bridgehead atoms. The molecule has 2 aromatic rings. The van der Waals surface area contributed by atoms with Crippen molar-refractivity contribution >= 4 is 17.0 Å². The van der Waals surface area contributed by atoms with E-state index in [4.69, 9.17) is 9.72 Å². The molecule has 1 aliphatic carbocycles. The summed E-state index contributed by atoms with van der Waals surface area (Å²) >= 11 is 1.64. The van der Waals surface area contributed by atoms with Gasteiger partial charge in [-0.05, 0) is 43.5 Å². The van der Waals surface area contributed by atoms with Crippen molar-refractivity contribution in [2.24, 2.45) is 0 Å². The van der Waals surface area contributed by atoms with Gasteiger partial charge in [-0.2, -0.15) is 0 Å². The lowest BCUT2D eigenvalue weighted by Gasteiger charge is -2.28. The highest BCUT2D eigenvalue weighted by Crippen LogP contribution is 2.38. The molecule has 116 valence electrons. The summed E-state index contributed by atoms with van der Waals surface area (Å²) in [4.78, 5) is 8.16. The summed E-state index contributed by atoms with van der Waals surface area (Å²) in [5.74, 6) is 0. The number of fused-ring (bicyclic) bond motifs is 1. The van der Waals surface area contributed by atoms with Gasteiger partial charge in [0, 0.05) is 24.3 Å². The molecule has 1 N–H and O–H groups in total. The van der Waals surface area contributed by atoms with Crippen molar-refractivity contribution in [1.29, 1.82) is 0 Å². The first-order chi connectivity index (χ1) is 10.8. The van der Waals surface area contributed by atoms with Gasteiger partial charge < -0.3 is 14.7 Å². The summed E-state index contributed by atoms with van der Waals surface area (Å²) in [5.41, 5.74) is 3.48. The fourth-order valence-electron chi connectivity index (χ4n) is 3.16. The highest BCUT2D eigenvalue weighted by Gasteiger charge is 2.23. The summed E-state index contributed by atoms with van der Waals surface area (Å²) in [7, 11) is 0. The molecule has 0 saturated carbocycles. The first-order valence-electron chi connectivity index (χ1n) is 7.92. The van der Waals surface area contributed by atoms with Gasteiger partial charge in [0.05, 0.1) is 29.9 Å². The second kappa shape index (κ2) is 5.99. The Morgan fingerprint density at radius 2 is 1.95 bits per heavy atom. The predicted octanol–water partition coefficient (Wildman–Crippen LogP) is 3.02. The molecule has 1 aromatic heterocycles. The van der Waals surface area contributed by atoms with Crippen LogP contribution in [0.25, 0.3) is 10.6 Å². The molecule has 5 heteroatoms. The van der Waals surface area contributed by atoms with Crippen molar-refractivity contribution in [3.8, 4) is 10.6 Å². The van der Waals surface area contributed by atoms with E-state index in [0.29, 0.717) is 0 Å². The number of aromatic nitrogens is 1. The van der Waals surface area contributed by atoms with Gasteiger partial charge in [0.1, 0.15) is 5.01 Å².